The molecule has 8 heteroatoms. The quantitative estimate of drug-likeness (QED) is 0.320. The van der Waals surface area contributed by atoms with E-state index >= 15 is 0 Å². The largest absolute Gasteiger partial charge is 0.370 e. The second kappa shape index (κ2) is 10.6. The Morgan fingerprint density at radius 3 is 2.68 bits per heavy atom. The van der Waals surface area contributed by atoms with Gasteiger partial charge in [-0.15, -0.1) is 24.0 Å². The molecule has 1 aliphatic carbocycles. The van der Waals surface area contributed by atoms with Crippen LogP contribution in [0.4, 0.5) is 5.69 Å². The fourth-order valence-corrected chi connectivity index (χ4v) is 4.00. The van der Waals surface area contributed by atoms with Crippen molar-refractivity contribution in [1.82, 2.24) is 10.2 Å². The van der Waals surface area contributed by atoms with Gasteiger partial charge in [0.1, 0.15) is 0 Å². The van der Waals surface area contributed by atoms with Crippen molar-refractivity contribution < 1.29 is 9.59 Å². The Labute approximate surface area is 199 Å². The minimum absolute atomic E-state index is 0. The van der Waals surface area contributed by atoms with Crippen LogP contribution in [-0.2, 0) is 24.2 Å². The number of guanidine groups is 1. The van der Waals surface area contributed by atoms with E-state index in [9.17, 15) is 9.59 Å². The van der Waals surface area contributed by atoms with Crippen LogP contribution in [0.25, 0.3) is 0 Å². The molecule has 7 nitrogen and oxygen atoms in total. The van der Waals surface area contributed by atoms with E-state index in [1.54, 1.807) is 17.0 Å². The molecule has 0 spiro atoms. The molecular formula is C23H28IN5O2. The number of hydrogen-bond acceptors (Lipinski definition) is 3. The number of nitrogens with two attached hydrogens (primary N) is 1. The molecule has 0 atom stereocenters. The summed E-state index contributed by atoms with van der Waals surface area (Å²) in [6, 6.07) is 13.6. The predicted octanol–water partition coefficient (Wildman–Crippen LogP) is 2.68. The minimum atomic E-state index is -0.130. The van der Waals surface area contributed by atoms with Gasteiger partial charge in [0, 0.05) is 24.3 Å². The van der Waals surface area contributed by atoms with Crippen molar-refractivity contribution in [3.8, 4) is 0 Å². The van der Waals surface area contributed by atoms with Crippen LogP contribution < -0.4 is 16.4 Å². The van der Waals surface area contributed by atoms with Gasteiger partial charge in [-0.05, 0) is 60.6 Å². The zero-order valence-corrected chi connectivity index (χ0v) is 19.7. The first-order valence-corrected chi connectivity index (χ1v) is 10.4. The molecule has 0 aromatic heterocycles. The van der Waals surface area contributed by atoms with Gasteiger partial charge in [-0.25, -0.2) is 4.99 Å². The molecule has 31 heavy (non-hydrogen) atoms. The van der Waals surface area contributed by atoms with Crippen LogP contribution in [0.1, 0.15) is 39.9 Å². The Morgan fingerprint density at radius 1 is 1.13 bits per heavy atom. The van der Waals surface area contributed by atoms with Crippen molar-refractivity contribution >= 4 is 47.4 Å². The highest BCUT2D eigenvalue weighted by molar-refractivity contribution is 14.0. The lowest BCUT2D eigenvalue weighted by molar-refractivity contribution is -0.123. The van der Waals surface area contributed by atoms with E-state index in [1.807, 2.05) is 18.2 Å². The van der Waals surface area contributed by atoms with Crippen LogP contribution >= 0.6 is 24.0 Å². The first kappa shape index (κ1) is 23.1. The highest BCUT2D eigenvalue weighted by Crippen LogP contribution is 2.27. The normalized spacial score (nSPS) is 16.1. The van der Waals surface area contributed by atoms with Gasteiger partial charge in [-0.3, -0.25) is 9.59 Å². The van der Waals surface area contributed by atoms with E-state index in [4.69, 9.17) is 5.73 Å². The molecule has 1 aliphatic heterocycles. The van der Waals surface area contributed by atoms with E-state index < -0.39 is 0 Å². The summed E-state index contributed by atoms with van der Waals surface area (Å²) < 4.78 is 0. The van der Waals surface area contributed by atoms with E-state index in [0.29, 0.717) is 31.2 Å². The van der Waals surface area contributed by atoms with E-state index in [1.165, 1.54) is 24.0 Å². The Kier molecular flexibility index (Phi) is 7.89. The second-order valence-electron chi connectivity index (χ2n) is 7.75. The number of aryl methyl sites for hydroxylation is 1. The summed E-state index contributed by atoms with van der Waals surface area (Å²) >= 11 is 0. The molecule has 2 aliphatic rings. The van der Waals surface area contributed by atoms with Gasteiger partial charge in [-0.2, -0.15) is 0 Å². The monoisotopic (exact) mass is 533 g/mol. The van der Waals surface area contributed by atoms with Crippen molar-refractivity contribution in [2.45, 2.75) is 32.2 Å². The van der Waals surface area contributed by atoms with Crippen molar-refractivity contribution in [2.75, 3.05) is 25.0 Å². The molecule has 0 bridgehead atoms. The SMILES string of the molecule is I.NC(=NCc1ccc(C(=O)N2CCNC(=O)C2)cc1)Nc1cccc2c1CCCC2. The van der Waals surface area contributed by atoms with E-state index in [2.05, 4.69) is 27.8 Å². The molecule has 0 radical (unpaired) electrons. The van der Waals surface area contributed by atoms with Gasteiger partial charge < -0.3 is 21.3 Å². The molecular weight excluding hydrogens is 505 g/mol. The number of nitrogens with one attached hydrogen (secondary N) is 2. The number of amides is 2. The zero-order chi connectivity index (χ0) is 20.9. The van der Waals surface area contributed by atoms with Crippen LogP contribution in [0.2, 0.25) is 0 Å². The lowest BCUT2D eigenvalue weighted by Gasteiger charge is -2.26. The molecule has 1 fully saturated rings. The van der Waals surface area contributed by atoms with Gasteiger partial charge in [0.25, 0.3) is 5.91 Å². The Morgan fingerprint density at radius 2 is 1.90 bits per heavy atom. The van der Waals surface area contributed by atoms with Crippen LogP contribution in [0, 0.1) is 0 Å². The number of anilines is 1. The van der Waals surface area contributed by atoms with Crippen LogP contribution in [-0.4, -0.2) is 42.3 Å². The number of carbonyl (C=O) groups is 2. The summed E-state index contributed by atoms with van der Waals surface area (Å²) in [5, 5.41) is 5.97. The van der Waals surface area contributed by atoms with Crippen molar-refractivity contribution in [3.63, 3.8) is 0 Å². The fraction of sp³-hybridized carbons (Fsp3) is 0.348. The summed E-state index contributed by atoms with van der Waals surface area (Å²) in [5.41, 5.74) is 11.4. The third-order valence-electron chi connectivity index (χ3n) is 5.62. The predicted molar refractivity (Wildman–Crippen MR) is 133 cm³/mol. The molecule has 4 N–H and O–H groups in total. The van der Waals surface area contributed by atoms with Crippen LogP contribution in [0.5, 0.6) is 0 Å². The van der Waals surface area contributed by atoms with Crippen molar-refractivity contribution in [3.05, 3.63) is 64.7 Å². The summed E-state index contributed by atoms with van der Waals surface area (Å²) in [4.78, 5) is 30.0. The number of hydrogen-bond donors (Lipinski definition) is 3. The molecule has 0 unspecified atom stereocenters. The fourth-order valence-electron chi connectivity index (χ4n) is 4.00. The summed E-state index contributed by atoms with van der Waals surface area (Å²) in [5.74, 6) is 0.131. The first-order valence-electron chi connectivity index (χ1n) is 10.4. The van der Waals surface area contributed by atoms with Gasteiger partial charge in [0.2, 0.25) is 5.91 Å². The second-order valence-corrected chi connectivity index (χ2v) is 7.75. The minimum Gasteiger partial charge on any atom is -0.370 e. The zero-order valence-electron chi connectivity index (χ0n) is 17.4. The van der Waals surface area contributed by atoms with Gasteiger partial charge in [0.15, 0.2) is 5.96 Å². The Balaban J connectivity index is 0.00000272. The highest BCUT2D eigenvalue weighted by Gasteiger charge is 2.22. The Bertz CT molecular complexity index is 974. The van der Waals surface area contributed by atoms with E-state index in [-0.39, 0.29) is 42.3 Å². The maximum Gasteiger partial charge on any atom is 0.254 e. The third-order valence-corrected chi connectivity index (χ3v) is 5.62. The summed E-state index contributed by atoms with van der Waals surface area (Å²) in [6.45, 7) is 1.56. The number of aliphatic imine (C=N–C) groups is 1. The lowest BCUT2D eigenvalue weighted by atomic mass is 9.90. The average molecular weight is 533 g/mol. The highest BCUT2D eigenvalue weighted by atomic mass is 127. The van der Waals surface area contributed by atoms with E-state index in [0.717, 1.165) is 24.1 Å². The number of piperazine rings is 1. The van der Waals surface area contributed by atoms with Crippen LogP contribution in [0.15, 0.2) is 47.5 Å². The van der Waals surface area contributed by atoms with Crippen LogP contribution in [0.3, 0.4) is 0 Å². The standard InChI is InChI=1S/C23H27N5O2.HI/c24-23(27-20-7-3-5-17-4-1-2-6-19(17)20)26-14-16-8-10-18(11-9-16)22(30)28-13-12-25-21(29)15-28;/h3,5,7-11H,1-2,4,6,12-15H2,(H,25,29)(H3,24,26,27);1H. The summed E-state index contributed by atoms with van der Waals surface area (Å²) in [7, 11) is 0. The number of carbonyl (C=O) groups excluding carboxylic acids is 2. The topological polar surface area (TPSA) is 99.8 Å². The van der Waals surface area contributed by atoms with Crippen molar-refractivity contribution in [1.29, 1.82) is 0 Å². The van der Waals surface area contributed by atoms with Crippen molar-refractivity contribution in [2.24, 2.45) is 10.7 Å². The van der Waals surface area contributed by atoms with Gasteiger partial charge >= 0.3 is 0 Å². The summed E-state index contributed by atoms with van der Waals surface area (Å²) in [6.07, 6.45) is 4.63. The number of halogens is 1. The molecule has 1 saturated heterocycles. The first-order chi connectivity index (χ1) is 14.6. The number of rotatable bonds is 4. The molecule has 4 rings (SSSR count). The molecule has 2 amide bonds. The molecule has 2 aromatic rings. The maximum atomic E-state index is 12.5. The van der Waals surface area contributed by atoms with Gasteiger partial charge in [0.05, 0.1) is 13.1 Å². The number of nitrogens with zero attached hydrogens (tertiary/aromatic N) is 2. The smallest absolute Gasteiger partial charge is 0.254 e. The average Bonchev–Trinajstić information content (AvgIpc) is 2.78. The molecule has 2 aromatic carbocycles. The number of fused-ring (bicyclic) bond motifs is 1. The number of benzene rings is 2. The molecule has 164 valence electrons. The maximum absolute atomic E-state index is 12.5. The lowest BCUT2D eigenvalue weighted by Crippen LogP contribution is -2.49. The molecule has 1 heterocycles. The Hall–Kier alpha value is -2.62. The van der Waals surface area contributed by atoms with Gasteiger partial charge in [-0.1, -0.05) is 24.3 Å². The molecule has 0 saturated carbocycles. The third kappa shape index (κ3) is 5.75.